The Balaban J connectivity index is 3.25. The van der Waals surface area contributed by atoms with Crippen molar-refractivity contribution in [3.63, 3.8) is 0 Å². The van der Waals surface area contributed by atoms with Gasteiger partial charge in [0.15, 0.2) is 0 Å². The van der Waals surface area contributed by atoms with E-state index in [9.17, 15) is 5.11 Å². The Morgan fingerprint density at radius 2 is 2.08 bits per heavy atom. The van der Waals surface area contributed by atoms with E-state index in [1.807, 2.05) is 19.9 Å². The summed E-state index contributed by atoms with van der Waals surface area (Å²) in [5.41, 5.74) is 1.68. The lowest BCUT2D eigenvalue weighted by Crippen LogP contribution is -2.01. The number of phenols is 1. The van der Waals surface area contributed by atoms with Gasteiger partial charge in [0.05, 0.1) is 5.02 Å². The van der Waals surface area contributed by atoms with E-state index in [0.717, 1.165) is 11.1 Å². The summed E-state index contributed by atoms with van der Waals surface area (Å²) in [7, 11) is 0. The second-order valence-electron chi connectivity index (χ2n) is 3.21. The van der Waals surface area contributed by atoms with Gasteiger partial charge in [-0.05, 0) is 18.6 Å². The summed E-state index contributed by atoms with van der Waals surface area (Å²) >= 11 is 5.76. The smallest absolute Gasteiger partial charge is 0.137 e. The quantitative estimate of drug-likeness (QED) is 0.770. The predicted molar refractivity (Wildman–Crippen MR) is 53.4 cm³/mol. The van der Waals surface area contributed by atoms with Crippen molar-refractivity contribution in [2.24, 2.45) is 0 Å². The van der Waals surface area contributed by atoms with Crippen LogP contribution in [-0.2, 0) is 0 Å². The molecule has 1 unspecified atom stereocenters. The van der Waals surface area contributed by atoms with Gasteiger partial charge in [0, 0.05) is 18.1 Å². The van der Waals surface area contributed by atoms with Crippen LogP contribution >= 0.6 is 11.6 Å². The van der Waals surface area contributed by atoms with Crippen molar-refractivity contribution in [2.45, 2.75) is 19.8 Å². The van der Waals surface area contributed by atoms with Crippen LogP contribution in [0.5, 0.6) is 5.75 Å². The summed E-state index contributed by atoms with van der Waals surface area (Å²) in [6.07, 6.45) is 0. The summed E-state index contributed by atoms with van der Waals surface area (Å²) in [6.45, 7) is 3.74. The van der Waals surface area contributed by atoms with Crippen LogP contribution in [0, 0.1) is 6.92 Å². The van der Waals surface area contributed by atoms with E-state index in [1.54, 1.807) is 6.07 Å². The van der Waals surface area contributed by atoms with E-state index in [4.69, 9.17) is 16.7 Å². The first-order valence-electron chi connectivity index (χ1n) is 4.16. The maximum atomic E-state index is 9.64. The molecule has 0 heterocycles. The molecular weight excluding hydrogens is 188 g/mol. The number of aryl methyl sites for hydroxylation is 1. The van der Waals surface area contributed by atoms with E-state index in [1.165, 1.54) is 0 Å². The lowest BCUT2D eigenvalue weighted by atomic mass is 9.96. The Labute approximate surface area is 82.8 Å². The molecule has 1 aromatic carbocycles. The molecule has 0 aliphatic carbocycles. The summed E-state index contributed by atoms with van der Waals surface area (Å²) in [4.78, 5) is 0. The van der Waals surface area contributed by atoms with E-state index >= 15 is 0 Å². The van der Waals surface area contributed by atoms with Crippen LogP contribution in [0.25, 0.3) is 0 Å². The summed E-state index contributed by atoms with van der Waals surface area (Å²) in [6, 6.07) is 3.49. The number of hydrogen-bond donors (Lipinski definition) is 2. The number of benzene rings is 1. The molecule has 1 rings (SSSR count). The van der Waals surface area contributed by atoms with Crippen LogP contribution in [-0.4, -0.2) is 16.8 Å². The molecule has 0 radical (unpaired) electrons. The van der Waals surface area contributed by atoms with Crippen molar-refractivity contribution >= 4 is 11.6 Å². The SMILES string of the molecule is Cc1ccc(Cl)c(O)c1C(C)CO. The Kier molecular flexibility index (Phi) is 3.17. The van der Waals surface area contributed by atoms with Crippen LogP contribution in [0.15, 0.2) is 12.1 Å². The highest BCUT2D eigenvalue weighted by atomic mass is 35.5. The standard InChI is InChI=1S/C10H13ClO2/c1-6-3-4-8(11)10(13)9(6)7(2)5-12/h3-4,7,12-13H,5H2,1-2H3. The molecule has 2 nitrogen and oxygen atoms in total. The number of rotatable bonds is 2. The van der Waals surface area contributed by atoms with Gasteiger partial charge in [0.25, 0.3) is 0 Å². The number of aliphatic hydroxyl groups is 1. The van der Waals surface area contributed by atoms with Crippen molar-refractivity contribution in [1.82, 2.24) is 0 Å². The highest BCUT2D eigenvalue weighted by Crippen LogP contribution is 2.34. The Bertz CT molecular complexity index is 310. The number of halogens is 1. The van der Waals surface area contributed by atoms with E-state index in [2.05, 4.69) is 0 Å². The predicted octanol–water partition coefficient (Wildman–Crippen LogP) is 2.45. The number of aliphatic hydroxyl groups excluding tert-OH is 1. The minimum atomic E-state index is -0.0845. The normalized spacial score (nSPS) is 12.9. The zero-order valence-corrected chi connectivity index (χ0v) is 8.47. The van der Waals surface area contributed by atoms with Crippen LogP contribution in [0.1, 0.15) is 24.0 Å². The van der Waals surface area contributed by atoms with Crippen molar-refractivity contribution in [3.05, 3.63) is 28.3 Å². The average Bonchev–Trinajstić information content (AvgIpc) is 2.12. The molecular formula is C10H13ClO2. The van der Waals surface area contributed by atoms with Crippen molar-refractivity contribution in [3.8, 4) is 5.75 Å². The molecule has 0 amide bonds. The monoisotopic (exact) mass is 200 g/mol. The fraction of sp³-hybridized carbons (Fsp3) is 0.400. The van der Waals surface area contributed by atoms with Gasteiger partial charge >= 0.3 is 0 Å². The first-order valence-corrected chi connectivity index (χ1v) is 4.54. The number of aromatic hydroxyl groups is 1. The molecule has 3 heteroatoms. The zero-order chi connectivity index (χ0) is 10.0. The van der Waals surface area contributed by atoms with Crippen molar-refractivity contribution in [2.75, 3.05) is 6.61 Å². The maximum absolute atomic E-state index is 9.64. The van der Waals surface area contributed by atoms with Gasteiger partial charge in [-0.2, -0.15) is 0 Å². The van der Waals surface area contributed by atoms with Crippen molar-refractivity contribution < 1.29 is 10.2 Å². The molecule has 2 N–H and O–H groups in total. The van der Waals surface area contributed by atoms with Crippen LogP contribution < -0.4 is 0 Å². The Hall–Kier alpha value is -0.730. The summed E-state index contributed by atoms with van der Waals surface area (Å²) in [5.74, 6) is 0.00177. The Morgan fingerprint density at radius 1 is 1.46 bits per heavy atom. The van der Waals surface area contributed by atoms with Gasteiger partial charge in [-0.1, -0.05) is 24.6 Å². The summed E-state index contributed by atoms with van der Waals surface area (Å²) in [5, 5.41) is 18.9. The molecule has 0 spiro atoms. The minimum Gasteiger partial charge on any atom is -0.506 e. The van der Waals surface area contributed by atoms with Crippen LogP contribution in [0.2, 0.25) is 5.02 Å². The zero-order valence-electron chi connectivity index (χ0n) is 7.71. The lowest BCUT2D eigenvalue weighted by molar-refractivity contribution is 0.270. The third-order valence-electron chi connectivity index (χ3n) is 2.15. The molecule has 13 heavy (non-hydrogen) atoms. The largest absolute Gasteiger partial charge is 0.506 e. The van der Waals surface area contributed by atoms with Gasteiger partial charge < -0.3 is 10.2 Å². The summed E-state index contributed by atoms with van der Waals surface area (Å²) < 4.78 is 0. The second-order valence-corrected chi connectivity index (χ2v) is 3.62. The number of hydrogen-bond acceptors (Lipinski definition) is 2. The first kappa shape index (κ1) is 10.4. The van der Waals surface area contributed by atoms with Gasteiger partial charge in [0.1, 0.15) is 5.75 Å². The third kappa shape index (κ3) is 1.95. The molecule has 0 bridgehead atoms. The molecule has 0 saturated heterocycles. The molecule has 0 fully saturated rings. The molecule has 0 aromatic heterocycles. The molecule has 0 saturated carbocycles. The maximum Gasteiger partial charge on any atom is 0.137 e. The fourth-order valence-corrected chi connectivity index (χ4v) is 1.56. The highest BCUT2D eigenvalue weighted by Gasteiger charge is 2.14. The molecule has 1 aromatic rings. The van der Waals surface area contributed by atoms with Crippen LogP contribution in [0.3, 0.4) is 0 Å². The van der Waals surface area contributed by atoms with Crippen molar-refractivity contribution in [1.29, 1.82) is 0 Å². The number of phenolic OH excluding ortho intramolecular Hbond substituents is 1. The van der Waals surface area contributed by atoms with Gasteiger partial charge in [-0.3, -0.25) is 0 Å². The van der Waals surface area contributed by atoms with E-state index < -0.39 is 0 Å². The highest BCUT2D eigenvalue weighted by molar-refractivity contribution is 6.32. The van der Waals surface area contributed by atoms with Crippen LogP contribution in [0.4, 0.5) is 0 Å². The van der Waals surface area contributed by atoms with E-state index in [0.29, 0.717) is 5.02 Å². The lowest BCUT2D eigenvalue weighted by Gasteiger charge is -2.14. The molecule has 0 aliphatic heterocycles. The van der Waals surface area contributed by atoms with E-state index in [-0.39, 0.29) is 18.3 Å². The molecule has 72 valence electrons. The van der Waals surface area contributed by atoms with Gasteiger partial charge in [-0.15, -0.1) is 0 Å². The first-order chi connectivity index (χ1) is 6.07. The topological polar surface area (TPSA) is 40.5 Å². The average molecular weight is 201 g/mol. The molecule has 0 aliphatic rings. The fourth-order valence-electron chi connectivity index (χ4n) is 1.40. The second kappa shape index (κ2) is 3.99. The molecule has 1 atom stereocenters. The van der Waals surface area contributed by atoms with Gasteiger partial charge in [-0.25, -0.2) is 0 Å². The Morgan fingerprint density at radius 3 is 2.62 bits per heavy atom. The van der Waals surface area contributed by atoms with Gasteiger partial charge in [0.2, 0.25) is 0 Å². The minimum absolute atomic E-state index is 0.00867. The third-order valence-corrected chi connectivity index (χ3v) is 2.46.